The first-order chi connectivity index (χ1) is 13.0. The van der Waals surface area contributed by atoms with Crippen LogP contribution in [0.15, 0.2) is 73.1 Å². The van der Waals surface area contributed by atoms with Crippen molar-refractivity contribution in [2.24, 2.45) is 0 Å². The minimum absolute atomic E-state index is 0.112. The largest absolute Gasteiger partial charge is 0.867 e. The van der Waals surface area contributed by atoms with Crippen molar-refractivity contribution in [3.05, 3.63) is 95.3 Å². The number of anilines is 1. The highest BCUT2D eigenvalue weighted by atomic mass is 32.1. The molecule has 3 aromatic rings. The molecule has 0 saturated carbocycles. The van der Waals surface area contributed by atoms with Crippen molar-refractivity contribution >= 4 is 34.3 Å². The van der Waals surface area contributed by atoms with Gasteiger partial charge >= 0.3 is 0 Å². The average molecular weight is 375 g/mol. The van der Waals surface area contributed by atoms with Gasteiger partial charge in [0.05, 0.1) is 0 Å². The third-order valence-corrected chi connectivity index (χ3v) is 4.74. The standard InChI is InChI=1S/C23H22N2OS/c1-16-8-7-9-20(14-16)24-23(27)21(25-12-5-4-6-13-25)22(26)19-11-10-17(2)18(3)15-19/h4-15H,1-3H3,(H-,24,26,27). The van der Waals surface area contributed by atoms with Crippen LogP contribution in [0.5, 0.6) is 0 Å². The molecule has 4 heteroatoms. The first kappa shape index (κ1) is 18.8. The lowest BCUT2D eigenvalue weighted by atomic mass is 10.0. The summed E-state index contributed by atoms with van der Waals surface area (Å²) in [6.07, 6.45) is 3.66. The van der Waals surface area contributed by atoms with Crippen LogP contribution >= 0.6 is 12.2 Å². The second-order valence-electron chi connectivity index (χ2n) is 6.58. The molecule has 1 aromatic heterocycles. The number of pyridine rings is 1. The van der Waals surface area contributed by atoms with E-state index in [1.165, 1.54) is 0 Å². The summed E-state index contributed by atoms with van der Waals surface area (Å²) in [6, 6.07) is 19.3. The van der Waals surface area contributed by atoms with Crippen LogP contribution in [0.4, 0.5) is 5.69 Å². The lowest BCUT2D eigenvalue weighted by molar-refractivity contribution is -0.577. The van der Waals surface area contributed by atoms with Gasteiger partial charge in [-0.15, -0.1) is 0 Å². The fourth-order valence-electron chi connectivity index (χ4n) is 2.82. The number of hydrogen-bond acceptors (Lipinski definition) is 2. The zero-order chi connectivity index (χ0) is 19.4. The number of aromatic nitrogens is 1. The van der Waals surface area contributed by atoms with Crippen molar-refractivity contribution in [2.45, 2.75) is 20.8 Å². The van der Waals surface area contributed by atoms with E-state index in [1.807, 2.05) is 93.8 Å². The molecule has 0 unspecified atom stereocenters. The van der Waals surface area contributed by atoms with Crippen LogP contribution in [0.2, 0.25) is 0 Å². The number of nitrogens with one attached hydrogen (secondary N) is 1. The van der Waals surface area contributed by atoms with Crippen molar-refractivity contribution < 1.29 is 9.67 Å². The molecule has 136 valence electrons. The Morgan fingerprint density at radius 3 is 2.30 bits per heavy atom. The predicted molar refractivity (Wildman–Crippen MR) is 113 cm³/mol. The quantitative estimate of drug-likeness (QED) is 0.324. The number of rotatable bonds is 4. The minimum atomic E-state index is -0.112. The molecule has 0 amide bonds. The van der Waals surface area contributed by atoms with E-state index in [0.717, 1.165) is 22.4 Å². The molecule has 0 atom stereocenters. The van der Waals surface area contributed by atoms with E-state index in [1.54, 1.807) is 4.57 Å². The summed E-state index contributed by atoms with van der Waals surface area (Å²) in [6.45, 7) is 6.06. The van der Waals surface area contributed by atoms with Crippen LogP contribution in [0.3, 0.4) is 0 Å². The molecule has 27 heavy (non-hydrogen) atoms. The summed E-state index contributed by atoms with van der Waals surface area (Å²) in [7, 11) is 0. The van der Waals surface area contributed by atoms with Crippen LogP contribution < -0.4 is 15.0 Å². The van der Waals surface area contributed by atoms with Crippen molar-refractivity contribution in [3.63, 3.8) is 0 Å². The second-order valence-corrected chi connectivity index (χ2v) is 6.99. The lowest BCUT2D eigenvalue weighted by Gasteiger charge is -2.18. The fraction of sp³-hybridized carbons (Fsp3) is 0.130. The summed E-state index contributed by atoms with van der Waals surface area (Å²) in [5.74, 6) is -0.112. The number of benzene rings is 2. The molecule has 1 heterocycles. The van der Waals surface area contributed by atoms with Gasteiger partial charge in [-0.3, -0.25) is 0 Å². The molecule has 0 aliphatic rings. The van der Waals surface area contributed by atoms with Crippen LogP contribution in [0, 0.1) is 20.8 Å². The molecule has 0 bridgehead atoms. The maximum absolute atomic E-state index is 13.3. The smallest absolute Gasteiger partial charge is 0.238 e. The Labute approximate surface area is 165 Å². The zero-order valence-electron chi connectivity index (χ0n) is 15.7. The molecule has 2 aromatic carbocycles. The van der Waals surface area contributed by atoms with E-state index in [0.29, 0.717) is 16.2 Å². The fourth-order valence-corrected chi connectivity index (χ4v) is 3.13. The van der Waals surface area contributed by atoms with Crippen molar-refractivity contribution in [1.29, 1.82) is 0 Å². The molecule has 0 aliphatic carbocycles. The van der Waals surface area contributed by atoms with Gasteiger partial charge in [-0.1, -0.05) is 48.6 Å². The van der Waals surface area contributed by atoms with Crippen LogP contribution in [-0.4, -0.2) is 4.99 Å². The van der Waals surface area contributed by atoms with Gasteiger partial charge < -0.3 is 10.4 Å². The Bertz CT molecular complexity index is 1010. The number of nitrogens with zero attached hydrogens (tertiary/aromatic N) is 1. The number of thiocarbonyl (C=S) groups is 1. The third-order valence-electron chi connectivity index (χ3n) is 4.45. The van der Waals surface area contributed by atoms with Gasteiger partial charge in [0.15, 0.2) is 17.4 Å². The first-order valence-electron chi connectivity index (χ1n) is 8.79. The van der Waals surface area contributed by atoms with Gasteiger partial charge in [0.1, 0.15) is 0 Å². The zero-order valence-corrected chi connectivity index (χ0v) is 16.5. The van der Waals surface area contributed by atoms with E-state index in [-0.39, 0.29) is 5.76 Å². The van der Waals surface area contributed by atoms with Crippen molar-refractivity contribution in [3.8, 4) is 0 Å². The highest BCUT2D eigenvalue weighted by Gasteiger charge is 2.18. The maximum Gasteiger partial charge on any atom is 0.238 e. The average Bonchev–Trinajstić information content (AvgIpc) is 2.65. The van der Waals surface area contributed by atoms with E-state index in [9.17, 15) is 5.11 Å². The van der Waals surface area contributed by atoms with Gasteiger partial charge in [-0.25, -0.2) is 0 Å². The molecular formula is C23H22N2OS. The highest BCUT2D eigenvalue weighted by molar-refractivity contribution is 7.81. The summed E-state index contributed by atoms with van der Waals surface area (Å²) < 4.78 is 1.77. The predicted octanol–water partition coefficient (Wildman–Crippen LogP) is 4.02. The second kappa shape index (κ2) is 8.14. The van der Waals surface area contributed by atoms with Crippen LogP contribution in [0.25, 0.3) is 11.5 Å². The van der Waals surface area contributed by atoms with Gasteiger partial charge in [-0.2, -0.15) is 4.57 Å². The van der Waals surface area contributed by atoms with Crippen molar-refractivity contribution in [1.82, 2.24) is 0 Å². The minimum Gasteiger partial charge on any atom is -0.867 e. The van der Waals surface area contributed by atoms with E-state index >= 15 is 0 Å². The molecule has 0 radical (unpaired) electrons. The highest BCUT2D eigenvalue weighted by Crippen LogP contribution is 2.20. The van der Waals surface area contributed by atoms with E-state index in [4.69, 9.17) is 12.2 Å². The first-order valence-corrected chi connectivity index (χ1v) is 9.20. The van der Waals surface area contributed by atoms with Gasteiger partial charge in [0, 0.05) is 17.8 Å². The van der Waals surface area contributed by atoms with Crippen molar-refractivity contribution in [2.75, 3.05) is 5.32 Å². The summed E-state index contributed by atoms with van der Waals surface area (Å²) in [5, 5.41) is 16.5. The lowest BCUT2D eigenvalue weighted by Crippen LogP contribution is -2.39. The Morgan fingerprint density at radius 1 is 0.889 bits per heavy atom. The maximum atomic E-state index is 13.3. The topological polar surface area (TPSA) is 39.0 Å². The number of hydrogen-bond donors (Lipinski definition) is 1. The third kappa shape index (κ3) is 4.41. The molecule has 3 rings (SSSR count). The molecule has 1 N–H and O–H groups in total. The molecule has 3 nitrogen and oxygen atoms in total. The Morgan fingerprint density at radius 2 is 1.63 bits per heavy atom. The van der Waals surface area contributed by atoms with Crippen LogP contribution in [-0.2, 0) is 0 Å². The van der Waals surface area contributed by atoms with Gasteiger partial charge in [0.2, 0.25) is 5.70 Å². The molecule has 0 saturated heterocycles. The molecular weight excluding hydrogens is 352 g/mol. The SMILES string of the molecule is Cc1cccc(NC(=S)C(=C([O-])c2ccc(C)c(C)c2)[n+]2ccccc2)c1. The number of aryl methyl sites for hydroxylation is 3. The molecule has 0 spiro atoms. The van der Waals surface area contributed by atoms with Gasteiger partial charge in [0.25, 0.3) is 0 Å². The van der Waals surface area contributed by atoms with Crippen LogP contribution in [0.1, 0.15) is 22.3 Å². The summed E-state index contributed by atoms with van der Waals surface area (Å²) in [4.78, 5) is 0.389. The monoisotopic (exact) mass is 374 g/mol. The Kier molecular flexibility index (Phi) is 5.67. The van der Waals surface area contributed by atoms with E-state index < -0.39 is 0 Å². The Hall–Kier alpha value is -2.98. The molecule has 0 aliphatic heterocycles. The summed E-state index contributed by atoms with van der Waals surface area (Å²) in [5.41, 5.74) is 5.27. The van der Waals surface area contributed by atoms with E-state index in [2.05, 4.69) is 5.32 Å². The Balaban J connectivity index is 2.08. The summed E-state index contributed by atoms with van der Waals surface area (Å²) >= 11 is 5.63. The van der Waals surface area contributed by atoms with Gasteiger partial charge in [-0.05, 0) is 60.9 Å². The molecule has 0 fully saturated rings. The normalized spacial score (nSPS) is 11.7.